The number of pyridine rings is 1. The van der Waals surface area contributed by atoms with Crippen LogP contribution in [-0.2, 0) is 10.0 Å². The Morgan fingerprint density at radius 2 is 1.85 bits per heavy atom. The number of benzene rings is 1. The van der Waals surface area contributed by atoms with Crippen LogP contribution in [0.4, 0.5) is 5.82 Å². The van der Waals surface area contributed by atoms with Crippen molar-refractivity contribution in [3.63, 3.8) is 0 Å². The van der Waals surface area contributed by atoms with E-state index >= 15 is 0 Å². The molecule has 0 saturated carbocycles. The maximum atomic E-state index is 13.3. The fraction of sp³-hybridized carbons (Fsp3) is 0.222. The molecule has 1 aromatic carbocycles. The number of rotatable bonds is 6. The van der Waals surface area contributed by atoms with E-state index in [9.17, 15) is 13.2 Å². The molecule has 0 unspecified atom stereocenters. The van der Waals surface area contributed by atoms with Crippen LogP contribution in [0.1, 0.15) is 40.4 Å². The zero-order valence-corrected chi connectivity index (χ0v) is 23.0. The Morgan fingerprint density at radius 3 is 2.60 bits per heavy atom. The van der Waals surface area contributed by atoms with Crippen molar-refractivity contribution in [2.24, 2.45) is 0 Å². The highest BCUT2D eigenvalue weighted by molar-refractivity contribution is 7.89. The van der Waals surface area contributed by atoms with Gasteiger partial charge in [-0.3, -0.25) is 9.78 Å². The number of carbonyl (C=O) groups is 1. The highest BCUT2D eigenvalue weighted by Gasteiger charge is 2.33. The van der Waals surface area contributed by atoms with Crippen molar-refractivity contribution in [2.75, 3.05) is 18.4 Å². The first-order valence-corrected chi connectivity index (χ1v) is 14.5. The fourth-order valence-electron chi connectivity index (χ4n) is 4.83. The molecule has 1 aliphatic rings. The second-order valence-corrected chi connectivity index (χ2v) is 11.9. The molecule has 11 nitrogen and oxygen atoms in total. The zero-order valence-electron chi connectivity index (χ0n) is 21.5. The monoisotopic (exact) mass is 576 g/mol. The number of halogens is 1. The number of anilines is 1. The maximum Gasteiger partial charge on any atom is 0.262 e. The van der Waals surface area contributed by atoms with Gasteiger partial charge in [-0.25, -0.2) is 22.6 Å². The third kappa shape index (κ3) is 4.85. The van der Waals surface area contributed by atoms with Crippen molar-refractivity contribution in [1.29, 1.82) is 0 Å². The van der Waals surface area contributed by atoms with Crippen LogP contribution >= 0.6 is 11.6 Å². The molecule has 0 aliphatic carbocycles. The highest BCUT2D eigenvalue weighted by atomic mass is 35.5. The number of piperidine rings is 1. The van der Waals surface area contributed by atoms with Crippen molar-refractivity contribution in [3.05, 3.63) is 95.3 Å². The molecular weight excluding hydrogens is 552 g/mol. The molecule has 40 heavy (non-hydrogen) atoms. The summed E-state index contributed by atoms with van der Waals surface area (Å²) in [4.78, 5) is 21.5. The largest absolute Gasteiger partial charge is 0.306 e. The lowest BCUT2D eigenvalue weighted by Gasteiger charge is -2.30. The molecule has 204 valence electrons. The Kier molecular flexibility index (Phi) is 6.82. The number of aromatic nitrogens is 6. The lowest BCUT2D eigenvalue weighted by Crippen LogP contribution is -2.38. The van der Waals surface area contributed by atoms with E-state index in [4.69, 9.17) is 16.7 Å². The van der Waals surface area contributed by atoms with Gasteiger partial charge in [0.15, 0.2) is 5.65 Å². The van der Waals surface area contributed by atoms with Crippen LogP contribution in [0.5, 0.6) is 0 Å². The minimum atomic E-state index is -3.76. The van der Waals surface area contributed by atoms with Crippen LogP contribution in [0.3, 0.4) is 0 Å². The molecule has 0 spiro atoms. The molecule has 5 aromatic rings. The van der Waals surface area contributed by atoms with Crippen molar-refractivity contribution >= 4 is 39.0 Å². The highest BCUT2D eigenvalue weighted by Crippen LogP contribution is 2.33. The molecule has 13 heteroatoms. The number of nitrogens with one attached hydrogen (secondary N) is 1. The second kappa shape index (κ2) is 10.5. The van der Waals surface area contributed by atoms with Gasteiger partial charge in [0, 0.05) is 49.9 Å². The topological polar surface area (TPSA) is 127 Å². The number of fused-ring (bicyclic) bond motifs is 1. The molecule has 1 saturated heterocycles. The van der Waals surface area contributed by atoms with Crippen molar-refractivity contribution in [2.45, 2.75) is 30.6 Å². The first-order valence-electron chi connectivity index (χ1n) is 12.7. The maximum absolute atomic E-state index is 13.3. The third-order valence-corrected chi connectivity index (χ3v) is 9.36. The second-order valence-electron chi connectivity index (χ2n) is 9.59. The minimum absolute atomic E-state index is 0.00295. The van der Waals surface area contributed by atoms with Crippen molar-refractivity contribution in [1.82, 2.24) is 33.7 Å². The average molecular weight is 577 g/mol. The Morgan fingerprint density at radius 1 is 1.07 bits per heavy atom. The summed E-state index contributed by atoms with van der Waals surface area (Å²) in [7, 11) is -3.76. The molecule has 1 N–H and O–H groups in total. The van der Waals surface area contributed by atoms with Crippen LogP contribution in [0, 0.1) is 6.92 Å². The van der Waals surface area contributed by atoms with E-state index in [0.29, 0.717) is 43.0 Å². The summed E-state index contributed by atoms with van der Waals surface area (Å²) in [5, 5.41) is 12.2. The van der Waals surface area contributed by atoms with Gasteiger partial charge in [-0.2, -0.15) is 14.5 Å². The molecule has 0 bridgehead atoms. The number of aryl methyl sites for hydroxylation is 1. The SMILES string of the molecule is Cc1ccc(-n2nc(C3CCN(S(=O)(=O)c4cnccc4Cl)CC3)cc2NC(=O)c2cnn3cccnc23)cc1. The summed E-state index contributed by atoms with van der Waals surface area (Å²) in [6.45, 7) is 2.62. The molecule has 4 aromatic heterocycles. The average Bonchev–Trinajstić information content (AvgIpc) is 3.58. The molecule has 5 heterocycles. The minimum Gasteiger partial charge on any atom is -0.306 e. The van der Waals surface area contributed by atoms with Crippen LogP contribution in [0.2, 0.25) is 5.02 Å². The summed E-state index contributed by atoms with van der Waals surface area (Å²) >= 11 is 6.15. The zero-order chi connectivity index (χ0) is 27.9. The van der Waals surface area contributed by atoms with E-state index in [0.717, 1.165) is 16.9 Å². The van der Waals surface area contributed by atoms with E-state index < -0.39 is 10.0 Å². The van der Waals surface area contributed by atoms with Gasteiger partial charge in [-0.15, -0.1) is 0 Å². The first kappa shape index (κ1) is 26.1. The van der Waals surface area contributed by atoms with Crippen LogP contribution < -0.4 is 5.32 Å². The van der Waals surface area contributed by atoms with E-state index in [-0.39, 0.29) is 21.7 Å². The Bertz CT molecular complexity index is 1810. The van der Waals surface area contributed by atoms with Gasteiger partial charge in [0.05, 0.1) is 22.6 Å². The number of hydrogen-bond acceptors (Lipinski definition) is 7. The Labute approximate surface area is 235 Å². The molecule has 0 radical (unpaired) electrons. The number of amides is 1. The number of nitrogens with zero attached hydrogens (tertiary/aromatic N) is 7. The van der Waals surface area contributed by atoms with Crippen LogP contribution in [0.25, 0.3) is 11.3 Å². The summed E-state index contributed by atoms with van der Waals surface area (Å²) in [6, 6.07) is 12.9. The summed E-state index contributed by atoms with van der Waals surface area (Å²) in [5.74, 6) is 0.135. The van der Waals surface area contributed by atoms with Gasteiger partial charge in [0.1, 0.15) is 16.3 Å². The van der Waals surface area contributed by atoms with Gasteiger partial charge < -0.3 is 5.32 Å². The van der Waals surface area contributed by atoms with Gasteiger partial charge in [0.25, 0.3) is 5.91 Å². The standard InChI is InChI=1S/C27H25ClN8O3S/c1-18-3-5-20(6-4-18)36-25(32-27(37)21-16-31-35-12-2-10-30-26(21)35)15-23(33-36)19-8-13-34(14-9-19)40(38,39)24-17-29-11-7-22(24)28/h2-7,10-12,15-17,19H,8-9,13-14H2,1H3,(H,32,37). The fourth-order valence-corrected chi connectivity index (χ4v) is 6.70. The number of carbonyl (C=O) groups excluding carboxylic acids is 1. The molecule has 1 amide bonds. The van der Waals surface area contributed by atoms with Gasteiger partial charge in [-0.05, 0) is 44.0 Å². The molecular formula is C27H25ClN8O3S. The van der Waals surface area contributed by atoms with Gasteiger partial charge in [0.2, 0.25) is 10.0 Å². The Hall–Kier alpha value is -4.13. The molecule has 1 fully saturated rings. The third-order valence-electron chi connectivity index (χ3n) is 7.00. The van der Waals surface area contributed by atoms with E-state index in [1.165, 1.54) is 33.5 Å². The molecule has 0 atom stereocenters. The number of sulfonamides is 1. The smallest absolute Gasteiger partial charge is 0.262 e. The summed E-state index contributed by atoms with van der Waals surface area (Å²) in [5.41, 5.74) is 3.44. The van der Waals surface area contributed by atoms with Crippen LogP contribution in [0.15, 0.2) is 78.3 Å². The number of hydrogen-bond donors (Lipinski definition) is 1. The van der Waals surface area contributed by atoms with Gasteiger partial charge >= 0.3 is 0 Å². The summed E-state index contributed by atoms with van der Waals surface area (Å²) in [6.07, 6.45) is 8.68. The van der Waals surface area contributed by atoms with E-state index in [1.54, 1.807) is 23.1 Å². The van der Waals surface area contributed by atoms with Crippen molar-refractivity contribution < 1.29 is 13.2 Å². The molecule has 6 rings (SSSR count). The van der Waals surface area contributed by atoms with E-state index in [1.807, 2.05) is 37.3 Å². The normalized spacial score (nSPS) is 14.9. The lowest BCUT2D eigenvalue weighted by atomic mass is 9.95. The van der Waals surface area contributed by atoms with Gasteiger partial charge in [-0.1, -0.05) is 29.3 Å². The van der Waals surface area contributed by atoms with E-state index in [2.05, 4.69) is 20.4 Å². The lowest BCUT2D eigenvalue weighted by molar-refractivity contribution is 0.102. The molecule has 1 aliphatic heterocycles. The Balaban J connectivity index is 1.27. The first-order chi connectivity index (χ1) is 19.3. The predicted molar refractivity (Wildman–Crippen MR) is 149 cm³/mol. The quantitative estimate of drug-likeness (QED) is 0.322. The van der Waals surface area contributed by atoms with Crippen LogP contribution in [-0.4, -0.2) is 61.1 Å². The predicted octanol–water partition coefficient (Wildman–Crippen LogP) is 4.09. The summed E-state index contributed by atoms with van der Waals surface area (Å²) < 4.78 is 31.0. The van der Waals surface area contributed by atoms with Crippen molar-refractivity contribution in [3.8, 4) is 5.69 Å².